The number of carboxylic acids is 1. The molecule has 3 amide bonds. The minimum absolute atomic E-state index is 0.0952. The fourth-order valence-corrected chi connectivity index (χ4v) is 2.18. The number of nitrogens with one attached hydrogen (secondary N) is 1. The van der Waals surface area contributed by atoms with Crippen LogP contribution in [0.2, 0.25) is 0 Å². The number of amides is 3. The van der Waals surface area contributed by atoms with Gasteiger partial charge in [0.05, 0.1) is 6.54 Å². The summed E-state index contributed by atoms with van der Waals surface area (Å²) in [4.78, 5) is 47.1. The van der Waals surface area contributed by atoms with Crippen LogP contribution in [0.15, 0.2) is 30.3 Å². The number of carbonyl (C=O) groups is 4. The Labute approximate surface area is 146 Å². The fourth-order valence-electron chi connectivity index (χ4n) is 2.18. The number of nitrogens with two attached hydrogens (primary N) is 1. The molecule has 1 unspecified atom stereocenters. The van der Waals surface area contributed by atoms with E-state index in [0.29, 0.717) is 6.42 Å². The molecule has 8 nitrogen and oxygen atoms in total. The Bertz CT molecular complexity index is 618. The van der Waals surface area contributed by atoms with Gasteiger partial charge in [0.15, 0.2) is 0 Å². The molecule has 0 spiro atoms. The minimum Gasteiger partial charge on any atom is -0.481 e. The number of hydrogen-bond acceptors (Lipinski definition) is 4. The topological polar surface area (TPSA) is 130 Å². The van der Waals surface area contributed by atoms with E-state index in [0.717, 1.165) is 5.56 Å². The number of rotatable bonds is 10. The van der Waals surface area contributed by atoms with Crippen LogP contribution in [-0.2, 0) is 25.6 Å². The van der Waals surface area contributed by atoms with Gasteiger partial charge in [0.25, 0.3) is 0 Å². The van der Waals surface area contributed by atoms with Gasteiger partial charge in [-0.25, -0.2) is 0 Å². The highest BCUT2D eigenvalue weighted by atomic mass is 16.4. The maximum atomic E-state index is 12.1. The maximum absolute atomic E-state index is 12.1. The van der Waals surface area contributed by atoms with Gasteiger partial charge in [-0.3, -0.25) is 19.2 Å². The van der Waals surface area contributed by atoms with Crippen molar-refractivity contribution < 1.29 is 24.3 Å². The van der Waals surface area contributed by atoms with E-state index in [4.69, 9.17) is 10.8 Å². The first-order valence-electron chi connectivity index (χ1n) is 7.88. The lowest BCUT2D eigenvalue weighted by Gasteiger charge is -2.19. The third-order valence-corrected chi connectivity index (χ3v) is 3.60. The summed E-state index contributed by atoms with van der Waals surface area (Å²) in [6.45, 7) is -0.232. The summed E-state index contributed by atoms with van der Waals surface area (Å²) in [5, 5.41) is 11.0. The number of carbonyl (C=O) groups excluding carboxylic acids is 3. The van der Waals surface area contributed by atoms with Crippen molar-refractivity contribution in [1.29, 1.82) is 0 Å². The summed E-state index contributed by atoms with van der Waals surface area (Å²) in [6.07, 6.45) is 0.433. The zero-order valence-electron chi connectivity index (χ0n) is 14.1. The van der Waals surface area contributed by atoms with E-state index in [2.05, 4.69) is 5.32 Å². The number of hydrogen-bond donors (Lipinski definition) is 3. The summed E-state index contributed by atoms with van der Waals surface area (Å²) in [6, 6.07) is 8.42. The Kier molecular flexibility index (Phi) is 8.11. The van der Waals surface area contributed by atoms with Gasteiger partial charge in [-0.05, 0) is 18.4 Å². The molecule has 0 aliphatic rings. The predicted molar refractivity (Wildman–Crippen MR) is 90.4 cm³/mol. The summed E-state index contributed by atoms with van der Waals surface area (Å²) >= 11 is 0. The van der Waals surface area contributed by atoms with Gasteiger partial charge >= 0.3 is 5.97 Å². The van der Waals surface area contributed by atoms with Crippen LogP contribution in [0.1, 0.15) is 24.8 Å². The summed E-state index contributed by atoms with van der Waals surface area (Å²) in [7, 11) is 1.49. The van der Waals surface area contributed by atoms with Crippen LogP contribution in [0.25, 0.3) is 0 Å². The lowest BCUT2D eigenvalue weighted by Crippen LogP contribution is -2.48. The van der Waals surface area contributed by atoms with Gasteiger partial charge in [0.1, 0.15) is 6.04 Å². The van der Waals surface area contributed by atoms with Crippen LogP contribution in [0.5, 0.6) is 0 Å². The monoisotopic (exact) mass is 349 g/mol. The first-order chi connectivity index (χ1) is 11.8. The van der Waals surface area contributed by atoms with E-state index in [9.17, 15) is 19.2 Å². The standard InChI is InChI=1S/C17H23N3O5/c1-20(15(22)9-7-12-5-3-2-4-6-12)11-14(21)19-13(17(18)25)8-10-16(23)24/h2-6,13H,7-11H2,1H3,(H2,18,25)(H,19,21)(H,23,24). The van der Waals surface area contributed by atoms with Crippen molar-refractivity contribution in [3.63, 3.8) is 0 Å². The highest BCUT2D eigenvalue weighted by Crippen LogP contribution is 2.04. The predicted octanol–water partition coefficient (Wildman–Crippen LogP) is -0.0875. The van der Waals surface area contributed by atoms with E-state index in [-0.39, 0.29) is 31.7 Å². The average molecular weight is 349 g/mol. The SMILES string of the molecule is CN(CC(=O)NC(CCC(=O)O)C(N)=O)C(=O)CCc1ccccc1. The second kappa shape index (κ2) is 10.1. The first kappa shape index (κ1) is 20.1. The molecule has 0 aromatic heterocycles. The molecule has 1 aromatic carbocycles. The number of primary amides is 1. The molecule has 1 rings (SSSR count). The molecule has 1 atom stereocenters. The Hall–Kier alpha value is -2.90. The highest BCUT2D eigenvalue weighted by molar-refractivity contribution is 5.89. The van der Waals surface area contributed by atoms with Crippen molar-refractivity contribution in [1.82, 2.24) is 10.2 Å². The number of carboxylic acid groups (broad SMARTS) is 1. The molecule has 0 heterocycles. The second-order valence-electron chi connectivity index (χ2n) is 5.69. The van der Waals surface area contributed by atoms with E-state index >= 15 is 0 Å². The van der Waals surface area contributed by atoms with Gasteiger partial charge in [-0.15, -0.1) is 0 Å². The molecule has 0 saturated heterocycles. The molecule has 25 heavy (non-hydrogen) atoms. The number of likely N-dealkylation sites (N-methyl/N-ethyl adjacent to an activating group) is 1. The Balaban J connectivity index is 2.44. The molecule has 0 radical (unpaired) electrons. The van der Waals surface area contributed by atoms with Crippen LogP contribution in [-0.4, -0.2) is 53.3 Å². The van der Waals surface area contributed by atoms with Gasteiger partial charge in [0, 0.05) is 19.9 Å². The average Bonchev–Trinajstić information content (AvgIpc) is 2.56. The largest absolute Gasteiger partial charge is 0.481 e. The van der Waals surface area contributed by atoms with E-state index in [1.54, 1.807) is 0 Å². The fraction of sp³-hybridized carbons (Fsp3) is 0.412. The second-order valence-corrected chi connectivity index (χ2v) is 5.69. The number of aryl methyl sites for hydroxylation is 1. The van der Waals surface area contributed by atoms with Crippen LogP contribution in [0, 0.1) is 0 Å². The molecule has 1 aromatic rings. The molecule has 136 valence electrons. The van der Waals surface area contributed by atoms with Crippen molar-refractivity contribution in [2.45, 2.75) is 31.7 Å². The van der Waals surface area contributed by atoms with Crippen molar-refractivity contribution in [2.75, 3.05) is 13.6 Å². The number of nitrogens with zero attached hydrogens (tertiary/aromatic N) is 1. The Morgan fingerprint density at radius 2 is 1.80 bits per heavy atom. The van der Waals surface area contributed by atoms with Crippen molar-refractivity contribution in [3.05, 3.63) is 35.9 Å². The zero-order chi connectivity index (χ0) is 18.8. The van der Waals surface area contributed by atoms with Gasteiger partial charge in [-0.1, -0.05) is 30.3 Å². The molecule has 0 aliphatic carbocycles. The smallest absolute Gasteiger partial charge is 0.303 e. The van der Waals surface area contributed by atoms with Gasteiger partial charge in [-0.2, -0.15) is 0 Å². The van der Waals surface area contributed by atoms with Crippen molar-refractivity contribution in [3.8, 4) is 0 Å². The zero-order valence-corrected chi connectivity index (χ0v) is 14.1. The van der Waals surface area contributed by atoms with Crippen LogP contribution in [0.4, 0.5) is 0 Å². The Morgan fingerprint density at radius 3 is 2.36 bits per heavy atom. The summed E-state index contributed by atoms with van der Waals surface area (Å²) in [5.41, 5.74) is 6.17. The van der Waals surface area contributed by atoms with E-state index < -0.39 is 23.8 Å². The molecule has 0 fully saturated rings. The van der Waals surface area contributed by atoms with E-state index in [1.807, 2.05) is 30.3 Å². The van der Waals surface area contributed by atoms with Crippen molar-refractivity contribution in [2.24, 2.45) is 5.73 Å². The van der Waals surface area contributed by atoms with Crippen LogP contribution < -0.4 is 11.1 Å². The molecular formula is C17H23N3O5. The summed E-state index contributed by atoms with van der Waals surface area (Å²) in [5.74, 6) is -2.67. The quantitative estimate of drug-likeness (QED) is 0.544. The normalized spacial score (nSPS) is 11.4. The van der Waals surface area contributed by atoms with Crippen LogP contribution >= 0.6 is 0 Å². The third-order valence-electron chi connectivity index (χ3n) is 3.60. The lowest BCUT2D eigenvalue weighted by molar-refractivity contribution is -0.138. The molecule has 8 heteroatoms. The minimum atomic E-state index is -1.09. The van der Waals surface area contributed by atoms with Crippen molar-refractivity contribution >= 4 is 23.7 Å². The third kappa shape index (κ3) is 7.96. The maximum Gasteiger partial charge on any atom is 0.303 e. The Morgan fingerprint density at radius 1 is 1.16 bits per heavy atom. The molecule has 0 aliphatic heterocycles. The highest BCUT2D eigenvalue weighted by Gasteiger charge is 2.21. The molecular weight excluding hydrogens is 326 g/mol. The molecule has 0 saturated carbocycles. The van der Waals surface area contributed by atoms with E-state index in [1.165, 1.54) is 11.9 Å². The number of aliphatic carboxylic acids is 1. The van der Waals surface area contributed by atoms with Gasteiger partial charge < -0.3 is 21.1 Å². The first-order valence-corrected chi connectivity index (χ1v) is 7.88. The molecule has 0 bridgehead atoms. The van der Waals surface area contributed by atoms with Gasteiger partial charge in [0.2, 0.25) is 17.7 Å². The molecule has 4 N–H and O–H groups in total. The number of benzene rings is 1. The van der Waals surface area contributed by atoms with Crippen LogP contribution in [0.3, 0.4) is 0 Å². The lowest BCUT2D eigenvalue weighted by atomic mass is 10.1. The summed E-state index contributed by atoms with van der Waals surface area (Å²) < 4.78 is 0.